The number of carbonyl (C=O) groups is 4. The van der Waals surface area contributed by atoms with Crippen LogP contribution in [-0.4, -0.2) is 106 Å². The number of anilines is 2. The molecule has 3 aliphatic heterocycles. The highest BCUT2D eigenvalue weighted by Crippen LogP contribution is 2.41. The number of halogens is 1. The van der Waals surface area contributed by atoms with Gasteiger partial charge in [-0.05, 0) is 25.0 Å². The lowest BCUT2D eigenvalue weighted by atomic mass is 10.0. The van der Waals surface area contributed by atoms with Gasteiger partial charge in [0.2, 0.25) is 5.43 Å². The molecule has 2 amide bonds. The first kappa shape index (κ1) is 33.5. The van der Waals surface area contributed by atoms with Crippen LogP contribution in [0, 0.1) is 5.82 Å². The summed E-state index contributed by atoms with van der Waals surface area (Å²) in [5, 5.41) is 20.5. The molecule has 16 nitrogen and oxygen atoms in total. The summed E-state index contributed by atoms with van der Waals surface area (Å²) >= 11 is 2.24. The number of thioether (sulfide) groups is 1. The fraction of sp³-hybridized carbons (Fsp3) is 0.387. The SMILES string of the molecule is CO/N=C(/C(=O)N[C@@H]1C(=O)N2C(C(=O)O)=C(COC(=O)c3cn(C4CC4)c4cc(N5CCNCC5)c(F)cc4c3=O)CS[C@H]12)c1csc(N)n1. The average Bonchev–Trinajstić information content (AvgIpc) is 3.87. The van der Waals surface area contributed by atoms with Gasteiger partial charge >= 0.3 is 11.9 Å². The number of pyridine rings is 1. The molecule has 1 saturated carbocycles. The van der Waals surface area contributed by atoms with Crippen LogP contribution in [0.3, 0.4) is 0 Å². The predicted octanol–water partition coefficient (Wildman–Crippen LogP) is 0.870. The van der Waals surface area contributed by atoms with Gasteiger partial charge in [-0.3, -0.25) is 19.3 Å². The highest BCUT2D eigenvalue weighted by molar-refractivity contribution is 8.00. The molecule has 2 aromatic heterocycles. The van der Waals surface area contributed by atoms with E-state index >= 15 is 4.39 Å². The molecule has 3 aromatic rings. The van der Waals surface area contributed by atoms with Crippen LogP contribution in [0.25, 0.3) is 10.9 Å². The van der Waals surface area contributed by atoms with E-state index in [1.165, 1.54) is 18.7 Å². The zero-order chi connectivity index (χ0) is 35.3. The molecule has 50 heavy (non-hydrogen) atoms. The Morgan fingerprint density at radius 3 is 2.64 bits per heavy atom. The van der Waals surface area contributed by atoms with E-state index in [4.69, 9.17) is 15.3 Å². The number of β-lactam (4-membered cyclic amide) rings is 1. The first-order valence-electron chi connectivity index (χ1n) is 15.6. The summed E-state index contributed by atoms with van der Waals surface area (Å²) in [6, 6.07) is 1.76. The van der Waals surface area contributed by atoms with Gasteiger partial charge in [0, 0.05) is 60.5 Å². The van der Waals surface area contributed by atoms with Gasteiger partial charge in [-0.15, -0.1) is 23.1 Å². The Morgan fingerprint density at radius 1 is 1.22 bits per heavy atom. The minimum Gasteiger partial charge on any atom is -0.477 e. The molecular formula is C31H31FN8O8S2. The van der Waals surface area contributed by atoms with E-state index in [0.717, 1.165) is 46.9 Å². The van der Waals surface area contributed by atoms with Crippen molar-refractivity contribution in [1.82, 2.24) is 25.1 Å². The van der Waals surface area contributed by atoms with Gasteiger partial charge in [-0.1, -0.05) is 5.16 Å². The second kappa shape index (κ2) is 13.4. The third-order valence-corrected chi connectivity index (χ3v) is 10.8. The van der Waals surface area contributed by atoms with Crippen molar-refractivity contribution in [2.45, 2.75) is 30.3 Å². The van der Waals surface area contributed by atoms with E-state index in [0.29, 0.717) is 37.4 Å². The Labute approximate surface area is 291 Å². The first-order valence-corrected chi connectivity index (χ1v) is 17.5. The summed E-state index contributed by atoms with van der Waals surface area (Å²) in [6.45, 7) is 2.11. The number of rotatable bonds is 10. The number of nitrogens with zero attached hydrogens (tertiary/aromatic N) is 5. The van der Waals surface area contributed by atoms with Crippen molar-refractivity contribution in [3.63, 3.8) is 0 Å². The molecule has 19 heteroatoms. The van der Waals surface area contributed by atoms with Crippen LogP contribution in [0.15, 0.2) is 44.9 Å². The number of carboxylic acid groups (broad SMARTS) is 1. The molecule has 1 aromatic carbocycles. The van der Waals surface area contributed by atoms with Crippen molar-refractivity contribution in [3.05, 3.63) is 62.3 Å². The summed E-state index contributed by atoms with van der Waals surface area (Å²) in [5.74, 6) is -4.44. The summed E-state index contributed by atoms with van der Waals surface area (Å²) in [6.07, 6.45) is 3.08. The monoisotopic (exact) mass is 726 g/mol. The molecule has 262 valence electrons. The Balaban J connectivity index is 1.10. The largest absolute Gasteiger partial charge is 0.477 e. The number of fused-ring (bicyclic) bond motifs is 2. The van der Waals surface area contributed by atoms with Gasteiger partial charge in [-0.25, -0.2) is 19.0 Å². The van der Waals surface area contributed by atoms with Crippen molar-refractivity contribution < 1.29 is 38.2 Å². The van der Waals surface area contributed by atoms with E-state index in [9.17, 15) is 29.1 Å². The van der Waals surface area contributed by atoms with Crippen molar-refractivity contribution in [3.8, 4) is 0 Å². The number of hydrogen-bond donors (Lipinski definition) is 4. The number of nitrogens with one attached hydrogen (secondary N) is 2. The Kier molecular flexibility index (Phi) is 8.95. The molecule has 0 bridgehead atoms. The van der Waals surface area contributed by atoms with E-state index in [1.54, 1.807) is 10.6 Å². The number of oxime groups is 1. The van der Waals surface area contributed by atoms with E-state index in [2.05, 4.69) is 20.8 Å². The Morgan fingerprint density at radius 2 is 1.98 bits per heavy atom. The third-order valence-electron chi connectivity index (χ3n) is 8.79. The number of carboxylic acids is 1. The fourth-order valence-corrected chi connectivity index (χ4v) is 8.11. The number of benzene rings is 1. The number of nitrogen functional groups attached to an aromatic ring is 1. The molecule has 5 N–H and O–H groups in total. The lowest BCUT2D eigenvalue weighted by Crippen LogP contribution is -2.71. The average molecular weight is 727 g/mol. The second-order valence-corrected chi connectivity index (χ2v) is 14.0. The number of piperazine rings is 1. The molecule has 2 saturated heterocycles. The molecule has 0 spiro atoms. The van der Waals surface area contributed by atoms with Gasteiger partial charge in [0.1, 0.15) is 47.9 Å². The lowest BCUT2D eigenvalue weighted by molar-refractivity contribution is -0.150. The molecule has 7 rings (SSSR count). The number of aromatic nitrogens is 2. The highest BCUT2D eigenvalue weighted by atomic mass is 32.2. The first-order chi connectivity index (χ1) is 24.1. The quantitative estimate of drug-likeness (QED) is 0.0991. The molecule has 2 atom stereocenters. The number of amides is 2. The van der Waals surface area contributed by atoms with Crippen molar-refractivity contribution in [1.29, 1.82) is 0 Å². The van der Waals surface area contributed by atoms with Gasteiger partial charge < -0.3 is 40.5 Å². The molecular weight excluding hydrogens is 696 g/mol. The number of nitrogens with two attached hydrogens (primary N) is 1. The predicted molar refractivity (Wildman–Crippen MR) is 182 cm³/mol. The molecule has 0 radical (unpaired) electrons. The number of ether oxygens (including phenoxy) is 1. The highest BCUT2D eigenvalue weighted by Gasteiger charge is 2.54. The van der Waals surface area contributed by atoms with Crippen LogP contribution < -0.4 is 26.7 Å². The van der Waals surface area contributed by atoms with Gasteiger partial charge in [0.15, 0.2) is 10.8 Å². The van der Waals surface area contributed by atoms with E-state index in [-0.39, 0.29) is 50.6 Å². The zero-order valence-corrected chi connectivity index (χ0v) is 28.1. The molecule has 4 aliphatic rings. The Hall–Kier alpha value is -5.01. The smallest absolute Gasteiger partial charge is 0.352 e. The normalized spacial score (nSPS) is 20.8. The summed E-state index contributed by atoms with van der Waals surface area (Å²) in [4.78, 5) is 77.3. The number of aliphatic carboxylic acids is 1. The zero-order valence-electron chi connectivity index (χ0n) is 26.5. The number of thiazole rings is 1. The number of esters is 1. The van der Waals surface area contributed by atoms with Gasteiger partial charge in [-0.2, -0.15) is 0 Å². The van der Waals surface area contributed by atoms with Crippen LogP contribution in [0.2, 0.25) is 0 Å². The third kappa shape index (κ3) is 6.04. The topological polar surface area (TPSA) is 211 Å². The van der Waals surface area contributed by atoms with Crippen molar-refractivity contribution >= 4 is 74.3 Å². The Bertz CT molecular complexity index is 2050. The van der Waals surface area contributed by atoms with Crippen LogP contribution in [0.4, 0.5) is 15.2 Å². The lowest BCUT2D eigenvalue weighted by Gasteiger charge is -2.49. The van der Waals surface area contributed by atoms with Crippen LogP contribution in [-0.2, 0) is 24.0 Å². The van der Waals surface area contributed by atoms with Crippen LogP contribution in [0.1, 0.15) is 34.9 Å². The van der Waals surface area contributed by atoms with Gasteiger partial charge in [0.05, 0.1) is 11.2 Å². The molecule has 1 aliphatic carbocycles. The summed E-state index contributed by atoms with van der Waals surface area (Å²) < 4.78 is 22.6. The maximum Gasteiger partial charge on any atom is 0.352 e. The molecule has 0 unspecified atom stereocenters. The van der Waals surface area contributed by atoms with Crippen LogP contribution in [0.5, 0.6) is 0 Å². The summed E-state index contributed by atoms with van der Waals surface area (Å²) in [7, 11) is 1.24. The molecule has 5 heterocycles. The fourth-order valence-electron chi connectivity index (χ4n) is 6.23. The van der Waals surface area contributed by atoms with Crippen LogP contribution >= 0.6 is 23.1 Å². The van der Waals surface area contributed by atoms with E-state index in [1.807, 2.05) is 4.90 Å². The maximum absolute atomic E-state index is 15.4. The number of hydrogen-bond acceptors (Lipinski definition) is 14. The number of carbonyl (C=O) groups excluding carboxylic acids is 3. The molecule has 3 fully saturated rings. The van der Waals surface area contributed by atoms with Gasteiger partial charge in [0.25, 0.3) is 11.8 Å². The maximum atomic E-state index is 15.4. The van der Waals surface area contributed by atoms with Crippen molar-refractivity contribution in [2.24, 2.45) is 5.16 Å². The summed E-state index contributed by atoms with van der Waals surface area (Å²) in [5.41, 5.74) is 5.23. The minimum absolute atomic E-state index is 0.0290. The van der Waals surface area contributed by atoms with E-state index < -0.39 is 53.0 Å². The standard InChI is InChI=1S/C31H31FN8O8S2/c1-47-37-22(19-13-50-31(33)35-19)26(42)36-23-27(43)40-24(29(44)45)14(12-49-28(23)40)11-48-30(46)17-10-39(15-2-3-15)20-9-21(38-6-4-34-5-7-38)18(32)8-16(20)25(17)41/h8-10,13,15,23,28,34H,2-7,11-12H2,1H3,(H2,33,35)(H,36,42)(H,44,45)/b37-22+/t23-,28-/m1/s1. The second-order valence-electron chi connectivity index (χ2n) is 12.0. The van der Waals surface area contributed by atoms with Crippen molar-refractivity contribution in [2.75, 3.05) is 56.3 Å². The minimum atomic E-state index is -1.43.